The molecule has 4 rings (SSSR count). The molecule has 4 aromatic rings. The molecule has 1 aromatic carbocycles. The second-order valence-electron chi connectivity index (χ2n) is 6.43. The van der Waals surface area contributed by atoms with Crippen molar-refractivity contribution < 1.29 is 4.79 Å². The van der Waals surface area contributed by atoms with Gasteiger partial charge >= 0.3 is 0 Å². The maximum absolute atomic E-state index is 12.9. The quantitative estimate of drug-likeness (QED) is 0.546. The molecule has 0 unspecified atom stereocenters. The van der Waals surface area contributed by atoms with Crippen molar-refractivity contribution in [3.05, 3.63) is 89.0 Å². The van der Waals surface area contributed by atoms with Crippen LogP contribution in [0.25, 0.3) is 11.3 Å². The van der Waals surface area contributed by atoms with Gasteiger partial charge in [-0.2, -0.15) is 5.10 Å². The standard InChI is InChI=1S/C20H18N6O2/c1-14(15-6-8-16(9-7-15)26-13-21-12-23-26)24(2)19(27)17-11-22-18-5-3-4-10-25(18)20(17)28/h3-14H,1-2H3/t14-/m1/s1. The zero-order valence-electron chi connectivity index (χ0n) is 15.4. The third-order valence-electron chi connectivity index (χ3n) is 4.80. The number of aromatic nitrogens is 5. The molecule has 0 bridgehead atoms. The number of benzene rings is 1. The Hall–Kier alpha value is -3.81. The van der Waals surface area contributed by atoms with Gasteiger partial charge in [0.2, 0.25) is 0 Å². The van der Waals surface area contributed by atoms with Crippen LogP contribution in [0.2, 0.25) is 0 Å². The number of amides is 1. The molecule has 3 heterocycles. The number of hydrogen-bond acceptors (Lipinski definition) is 5. The van der Waals surface area contributed by atoms with Crippen LogP contribution < -0.4 is 5.56 Å². The van der Waals surface area contributed by atoms with E-state index in [9.17, 15) is 9.59 Å². The predicted molar refractivity (Wildman–Crippen MR) is 103 cm³/mol. The number of nitrogens with zero attached hydrogens (tertiary/aromatic N) is 6. The average Bonchev–Trinajstić information content (AvgIpc) is 3.28. The van der Waals surface area contributed by atoms with E-state index in [1.807, 2.05) is 31.2 Å². The first-order valence-electron chi connectivity index (χ1n) is 8.75. The fraction of sp³-hybridized carbons (Fsp3) is 0.150. The van der Waals surface area contributed by atoms with Crippen LogP contribution in [-0.2, 0) is 0 Å². The van der Waals surface area contributed by atoms with Crippen molar-refractivity contribution in [1.29, 1.82) is 0 Å². The van der Waals surface area contributed by atoms with Crippen molar-refractivity contribution in [2.24, 2.45) is 0 Å². The minimum Gasteiger partial charge on any atom is -0.335 e. The van der Waals surface area contributed by atoms with Crippen LogP contribution in [0.4, 0.5) is 0 Å². The minimum absolute atomic E-state index is 0.0392. The largest absolute Gasteiger partial charge is 0.335 e. The van der Waals surface area contributed by atoms with Gasteiger partial charge in [-0.25, -0.2) is 14.6 Å². The molecule has 140 valence electrons. The Bertz CT molecular complexity index is 1180. The van der Waals surface area contributed by atoms with Gasteiger partial charge in [-0.15, -0.1) is 0 Å². The summed E-state index contributed by atoms with van der Waals surface area (Å²) in [4.78, 5) is 35.3. The van der Waals surface area contributed by atoms with E-state index < -0.39 is 0 Å². The van der Waals surface area contributed by atoms with Gasteiger partial charge in [-0.3, -0.25) is 14.0 Å². The minimum atomic E-state index is -0.379. The van der Waals surface area contributed by atoms with Crippen LogP contribution in [0.3, 0.4) is 0 Å². The van der Waals surface area contributed by atoms with Crippen molar-refractivity contribution in [2.75, 3.05) is 7.05 Å². The van der Waals surface area contributed by atoms with Crippen LogP contribution in [0.15, 0.2) is 72.3 Å². The Labute approximate surface area is 160 Å². The van der Waals surface area contributed by atoms with E-state index in [0.717, 1.165) is 11.3 Å². The third-order valence-corrected chi connectivity index (χ3v) is 4.80. The number of hydrogen-bond donors (Lipinski definition) is 0. The Morgan fingerprint density at radius 1 is 1.14 bits per heavy atom. The van der Waals surface area contributed by atoms with E-state index >= 15 is 0 Å². The number of pyridine rings is 1. The molecule has 0 radical (unpaired) electrons. The molecule has 0 aliphatic heterocycles. The van der Waals surface area contributed by atoms with Gasteiger partial charge in [-0.05, 0) is 36.8 Å². The molecular weight excluding hydrogens is 356 g/mol. The van der Waals surface area contributed by atoms with Gasteiger partial charge in [0.25, 0.3) is 11.5 Å². The lowest BCUT2D eigenvalue weighted by Gasteiger charge is -2.25. The smallest absolute Gasteiger partial charge is 0.270 e. The lowest BCUT2D eigenvalue weighted by atomic mass is 10.1. The SMILES string of the molecule is C[C@H](c1ccc(-n2cncn2)cc1)N(C)C(=O)c1cnc2ccccn2c1=O. The topological polar surface area (TPSA) is 85.4 Å². The first-order valence-corrected chi connectivity index (χ1v) is 8.75. The van der Waals surface area contributed by atoms with Crippen molar-refractivity contribution in [1.82, 2.24) is 29.0 Å². The fourth-order valence-electron chi connectivity index (χ4n) is 3.01. The van der Waals surface area contributed by atoms with Gasteiger partial charge in [-0.1, -0.05) is 18.2 Å². The summed E-state index contributed by atoms with van der Waals surface area (Å²) in [6, 6.07) is 12.7. The molecule has 8 heteroatoms. The van der Waals surface area contributed by atoms with Crippen molar-refractivity contribution in [3.8, 4) is 5.69 Å². The Morgan fingerprint density at radius 2 is 1.93 bits per heavy atom. The van der Waals surface area contributed by atoms with Crippen LogP contribution >= 0.6 is 0 Å². The summed E-state index contributed by atoms with van der Waals surface area (Å²) in [6.45, 7) is 1.91. The summed E-state index contributed by atoms with van der Waals surface area (Å²) in [6.07, 6.45) is 6.04. The zero-order chi connectivity index (χ0) is 19.7. The number of carbonyl (C=O) groups excluding carboxylic acids is 1. The second kappa shape index (κ2) is 7.07. The Balaban J connectivity index is 1.60. The molecule has 0 aliphatic carbocycles. The van der Waals surface area contributed by atoms with E-state index in [0.29, 0.717) is 5.65 Å². The Kier molecular flexibility index (Phi) is 4.44. The molecule has 8 nitrogen and oxygen atoms in total. The lowest BCUT2D eigenvalue weighted by molar-refractivity contribution is 0.0740. The normalized spacial score (nSPS) is 12.1. The average molecular weight is 374 g/mol. The first kappa shape index (κ1) is 17.6. The van der Waals surface area contributed by atoms with Crippen molar-refractivity contribution in [3.63, 3.8) is 0 Å². The molecule has 1 amide bonds. The summed E-state index contributed by atoms with van der Waals surface area (Å²) in [5.74, 6) is -0.372. The zero-order valence-corrected chi connectivity index (χ0v) is 15.4. The Morgan fingerprint density at radius 3 is 2.64 bits per heavy atom. The summed E-state index contributed by atoms with van der Waals surface area (Å²) in [5.41, 5.74) is 1.98. The van der Waals surface area contributed by atoms with Crippen LogP contribution in [0.5, 0.6) is 0 Å². The predicted octanol–water partition coefficient (Wildman–Crippen LogP) is 2.11. The van der Waals surface area contributed by atoms with Crippen LogP contribution in [-0.4, -0.2) is 42.0 Å². The molecule has 0 fully saturated rings. The molecule has 0 aliphatic rings. The highest BCUT2D eigenvalue weighted by Gasteiger charge is 2.22. The molecule has 1 atom stereocenters. The van der Waals surface area contributed by atoms with E-state index in [2.05, 4.69) is 15.1 Å². The van der Waals surface area contributed by atoms with Gasteiger partial charge < -0.3 is 4.90 Å². The molecule has 28 heavy (non-hydrogen) atoms. The maximum atomic E-state index is 12.9. The number of carbonyl (C=O) groups is 1. The molecule has 0 spiro atoms. The van der Waals surface area contributed by atoms with E-state index in [1.165, 1.54) is 21.8 Å². The molecule has 3 aromatic heterocycles. The monoisotopic (exact) mass is 374 g/mol. The number of fused-ring (bicyclic) bond motifs is 1. The van der Waals surface area contributed by atoms with E-state index in [4.69, 9.17) is 0 Å². The first-order chi connectivity index (χ1) is 13.6. The van der Waals surface area contributed by atoms with Crippen molar-refractivity contribution in [2.45, 2.75) is 13.0 Å². The van der Waals surface area contributed by atoms with E-state index in [-0.39, 0.29) is 23.1 Å². The highest BCUT2D eigenvalue weighted by molar-refractivity contribution is 5.93. The van der Waals surface area contributed by atoms with Gasteiger partial charge in [0, 0.05) is 19.4 Å². The van der Waals surface area contributed by atoms with Gasteiger partial charge in [0.15, 0.2) is 0 Å². The second-order valence-corrected chi connectivity index (χ2v) is 6.43. The van der Waals surface area contributed by atoms with Gasteiger partial charge in [0.05, 0.1) is 11.7 Å². The van der Waals surface area contributed by atoms with Crippen molar-refractivity contribution >= 4 is 11.6 Å². The summed E-state index contributed by atoms with van der Waals surface area (Å²) in [7, 11) is 1.68. The van der Waals surface area contributed by atoms with Gasteiger partial charge in [0.1, 0.15) is 23.9 Å². The van der Waals surface area contributed by atoms with Crippen LogP contribution in [0.1, 0.15) is 28.9 Å². The van der Waals surface area contributed by atoms with E-state index in [1.54, 1.807) is 42.5 Å². The highest BCUT2D eigenvalue weighted by atomic mass is 16.2. The van der Waals surface area contributed by atoms with Crippen LogP contribution in [0, 0.1) is 0 Å². The third kappa shape index (κ3) is 3.05. The maximum Gasteiger partial charge on any atom is 0.270 e. The molecule has 0 N–H and O–H groups in total. The lowest BCUT2D eigenvalue weighted by Crippen LogP contribution is -2.35. The molecule has 0 saturated carbocycles. The summed E-state index contributed by atoms with van der Waals surface area (Å²) in [5, 5.41) is 4.10. The summed E-state index contributed by atoms with van der Waals surface area (Å²) < 4.78 is 3.03. The highest BCUT2D eigenvalue weighted by Crippen LogP contribution is 2.21. The number of rotatable bonds is 4. The molecular formula is C20H18N6O2. The fourth-order valence-corrected chi connectivity index (χ4v) is 3.01. The molecule has 0 saturated heterocycles. The summed E-state index contributed by atoms with van der Waals surface area (Å²) >= 11 is 0.